The number of likely N-dealkylation sites (tertiary alicyclic amines) is 1. The number of carbonyl (C=O) groups is 1. The number of amides is 1. The average Bonchev–Trinajstić information content (AvgIpc) is 2.68. The highest BCUT2D eigenvalue weighted by atomic mass is 16.2. The molecule has 0 bridgehead atoms. The molecule has 1 saturated carbocycles. The van der Waals surface area contributed by atoms with Gasteiger partial charge in [-0.3, -0.25) is 9.69 Å². The Morgan fingerprint density at radius 1 is 1.00 bits per heavy atom. The first-order valence-electron chi connectivity index (χ1n) is 7.82. The second kappa shape index (κ2) is 7.13. The van der Waals surface area contributed by atoms with Crippen LogP contribution in [0.4, 0.5) is 0 Å². The van der Waals surface area contributed by atoms with E-state index in [4.69, 9.17) is 0 Å². The molecule has 2 rings (SSSR count). The van der Waals surface area contributed by atoms with Crippen molar-refractivity contribution in [2.24, 2.45) is 0 Å². The summed E-state index contributed by atoms with van der Waals surface area (Å²) in [5.74, 6) is 0.254. The Labute approximate surface area is 111 Å². The third kappa shape index (κ3) is 3.98. The van der Waals surface area contributed by atoms with E-state index in [1.54, 1.807) is 0 Å². The highest BCUT2D eigenvalue weighted by molar-refractivity contribution is 5.81. The van der Waals surface area contributed by atoms with Crippen molar-refractivity contribution in [1.82, 2.24) is 10.2 Å². The smallest absolute Gasteiger partial charge is 0.237 e. The van der Waals surface area contributed by atoms with Gasteiger partial charge < -0.3 is 5.32 Å². The fraction of sp³-hybridized carbons (Fsp3) is 0.933. The molecule has 1 heterocycles. The van der Waals surface area contributed by atoms with Crippen molar-refractivity contribution < 1.29 is 4.79 Å². The maximum Gasteiger partial charge on any atom is 0.237 e. The Morgan fingerprint density at radius 3 is 2.17 bits per heavy atom. The van der Waals surface area contributed by atoms with Gasteiger partial charge in [0.2, 0.25) is 5.91 Å². The zero-order chi connectivity index (χ0) is 12.8. The van der Waals surface area contributed by atoms with Gasteiger partial charge in [0.25, 0.3) is 0 Å². The van der Waals surface area contributed by atoms with Crippen LogP contribution in [0.1, 0.15) is 64.7 Å². The van der Waals surface area contributed by atoms with Crippen LogP contribution in [-0.2, 0) is 4.79 Å². The molecule has 0 aromatic carbocycles. The van der Waals surface area contributed by atoms with Crippen LogP contribution >= 0.6 is 0 Å². The summed E-state index contributed by atoms with van der Waals surface area (Å²) in [6.45, 7) is 4.27. The van der Waals surface area contributed by atoms with Crippen LogP contribution in [0.3, 0.4) is 0 Å². The molecule has 1 saturated heterocycles. The normalized spacial score (nSPS) is 25.4. The fourth-order valence-electron chi connectivity index (χ4n) is 3.22. The molecule has 1 atom stereocenters. The summed E-state index contributed by atoms with van der Waals surface area (Å²) in [6, 6.07) is 0.505. The van der Waals surface area contributed by atoms with Crippen molar-refractivity contribution in [1.29, 1.82) is 0 Å². The van der Waals surface area contributed by atoms with Gasteiger partial charge in [-0.15, -0.1) is 0 Å². The van der Waals surface area contributed by atoms with Gasteiger partial charge in [0, 0.05) is 6.04 Å². The van der Waals surface area contributed by atoms with Crippen LogP contribution in [0.15, 0.2) is 0 Å². The summed E-state index contributed by atoms with van der Waals surface area (Å²) >= 11 is 0. The van der Waals surface area contributed by atoms with Gasteiger partial charge in [-0.25, -0.2) is 0 Å². The quantitative estimate of drug-likeness (QED) is 0.837. The molecule has 1 N–H and O–H groups in total. The predicted octanol–water partition coefficient (Wildman–Crippen LogP) is 2.70. The SMILES string of the molecule is CC(C(=O)NC1CCCCC1)N1CCCCCC1. The molecule has 1 aliphatic heterocycles. The van der Waals surface area contributed by atoms with Gasteiger partial charge in [-0.05, 0) is 45.7 Å². The molecule has 18 heavy (non-hydrogen) atoms. The fourth-order valence-corrected chi connectivity index (χ4v) is 3.22. The third-order valence-electron chi connectivity index (χ3n) is 4.52. The second-order valence-corrected chi connectivity index (χ2v) is 5.97. The Hall–Kier alpha value is -0.570. The molecule has 0 radical (unpaired) electrons. The maximum atomic E-state index is 12.3. The van der Waals surface area contributed by atoms with E-state index in [-0.39, 0.29) is 11.9 Å². The van der Waals surface area contributed by atoms with E-state index >= 15 is 0 Å². The minimum absolute atomic E-state index is 0.0602. The molecule has 0 aromatic heterocycles. The van der Waals surface area contributed by atoms with Crippen LogP contribution in [0.2, 0.25) is 0 Å². The van der Waals surface area contributed by atoms with Crippen LogP contribution < -0.4 is 5.32 Å². The molecule has 1 unspecified atom stereocenters. The van der Waals surface area contributed by atoms with Crippen molar-refractivity contribution in [2.75, 3.05) is 13.1 Å². The zero-order valence-corrected chi connectivity index (χ0v) is 11.8. The number of hydrogen-bond acceptors (Lipinski definition) is 2. The highest BCUT2D eigenvalue weighted by Gasteiger charge is 2.24. The minimum atomic E-state index is 0.0602. The predicted molar refractivity (Wildman–Crippen MR) is 74.5 cm³/mol. The first kappa shape index (κ1) is 13.9. The van der Waals surface area contributed by atoms with Gasteiger partial charge in [-0.1, -0.05) is 32.1 Å². The molecule has 3 heteroatoms. The number of nitrogens with one attached hydrogen (secondary N) is 1. The van der Waals surface area contributed by atoms with Crippen LogP contribution in [0, 0.1) is 0 Å². The Bertz CT molecular complexity index is 253. The first-order chi connectivity index (χ1) is 8.77. The van der Waals surface area contributed by atoms with E-state index in [1.807, 2.05) is 0 Å². The minimum Gasteiger partial charge on any atom is -0.352 e. The lowest BCUT2D eigenvalue weighted by Crippen LogP contribution is -2.48. The van der Waals surface area contributed by atoms with Crippen molar-refractivity contribution in [3.05, 3.63) is 0 Å². The third-order valence-corrected chi connectivity index (χ3v) is 4.52. The molecular weight excluding hydrogens is 224 g/mol. The van der Waals surface area contributed by atoms with Crippen LogP contribution in [-0.4, -0.2) is 36.0 Å². The number of hydrogen-bond donors (Lipinski definition) is 1. The average molecular weight is 252 g/mol. The molecule has 0 aromatic rings. The summed E-state index contributed by atoms with van der Waals surface area (Å²) in [7, 11) is 0. The van der Waals surface area contributed by atoms with E-state index in [2.05, 4.69) is 17.1 Å². The molecule has 0 spiro atoms. The van der Waals surface area contributed by atoms with Crippen molar-refractivity contribution >= 4 is 5.91 Å². The zero-order valence-electron chi connectivity index (χ0n) is 11.8. The molecule has 1 amide bonds. The summed E-state index contributed by atoms with van der Waals surface area (Å²) in [4.78, 5) is 14.6. The molecular formula is C15H28N2O. The van der Waals surface area contributed by atoms with Gasteiger partial charge in [0.1, 0.15) is 0 Å². The molecule has 1 aliphatic carbocycles. The topological polar surface area (TPSA) is 32.3 Å². The standard InChI is InChI=1S/C15H28N2O/c1-13(17-11-7-2-3-8-12-17)15(18)16-14-9-5-4-6-10-14/h13-14H,2-12H2,1H3,(H,16,18). The molecule has 2 aliphatic rings. The number of carbonyl (C=O) groups excluding carboxylic acids is 1. The monoisotopic (exact) mass is 252 g/mol. The van der Waals surface area contributed by atoms with E-state index in [0.29, 0.717) is 6.04 Å². The van der Waals surface area contributed by atoms with Crippen LogP contribution in [0.25, 0.3) is 0 Å². The van der Waals surface area contributed by atoms with Crippen molar-refractivity contribution in [3.63, 3.8) is 0 Å². The van der Waals surface area contributed by atoms with Crippen molar-refractivity contribution in [2.45, 2.75) is 76.8 Å². The van der Waals surface area contributed by atoms with Crippen molar-refractivity contribution in [3.8, 4) is 0 Å². The lowest BCUT2D eigenvalue weighted by atomic mass is 9.95. The Kier molecular flexibility index (Phi) is 5.48. The van der Waals surface area contributed by atoms with Gasteiger partial charge in [-0.2, -0.15) is 0 Å². The molecule has 104 valence electrons. The maximum absolute atomic E-state index is 12.3. The lowest BCUT2D eigenvalue weighted by Gasteiger charge is -2.30. The van der Waals surface area contributed by atoms with E-state index in [9.17, 15) is 4.79 Å². The molecule has 2 fully saturated rings. The van der Waals surface area contributed by atoms with Gasteiger partial charge in [0.15, 0.2) is 0 Å². The number of nitrogens with zero attached hydrogens (tertiary/aromatic N) is 1. The Morgan fingerprint density at radius 2 is 1.56 bits per heavy atom. The van der Waals surface area contributed by atoms with Crippen LogP contribution in [0.5, 0.6) is 0 Å². The lowest BCUT2D eigenvalue weighted by molar-refractivity contribution is -0.126. The summed E-state index contributed by atoms with van der Waals surface area (Å²) in [5, 5.41) is 3.26. The highest BCUT2D eigenvalue weighted by Crippen LogP contribution is 2.18. The van der Waals surface area contributed by atoms with Gasteiger partial charge in [0.05, 0.1) is 6.04 Å². The second-order valence-electron chi connectivity index (χ2n) is 5.97. The number of rotatable bonds is 3. The molecule has 3 nitrogen and oxygen atoms in total. The summed E-state index contributed by atoms with van der Waals surface area (Å²) in [5.41, 5.74) is 0. The summed E-state index contributed by atoms with van der Waals surface area (Å²) in [6.07, 6.45) is 11.4. The van der Waals surface area contributed by atoms with E-state index in [1.165, 1.54) is 57.8 Å². The first-order valence-corrected chi connectivity index (χ1v) is 7.82. The van der Waals surface area contributed by atoms with Gasteiger partial charge >= 0.3 is 0 Å². The van der Waals surface area contributed by atoms with E-state index in [0.717, 1.165) is 13.1 Å². The van der Waals surface area contributed by atoms with E-state index < -0.39 is 0 Å². The summed E-state index contributed by atoms with van der Waals surface area (Å²) < 4.78 is 0. The Balaban J connectivity index is 1.79. The largest absolute Gasteiger partial charge is 0.352 e.